The second kappa shape index (κ2) is 5.57. The SMILES string of the molecule is CC(C)Oc1ccc(C(O)c2ccc(C3CC3C)o2)cc1. The summed E-state index contributed by atoms with van der Waals surface area (Å²) in [4.78, 5) is 0. The van der Waals surface area contributed by atoms with Crippen LogP contribution in [0.1, 0.15) is 56.3 Å². The standard InChI is InChI=1S/C18H22O3/c1-11(2)20-14-6-4-13(5-7-14)18(19)17-9-8-16(21-17)15-10-12(15)3/h4-9,11-12,15,18-19H,10H2,1-3H3. The van der Waals surface area contributed by atoms with E-state index in [1.807, 2.05) is 50.2 Å². The molecule has 1 fully saturated rings. The molecule has 112 valence electrons. The lowest BCUT2D eigenvalue weighted by atomic mass is 10.1. The van der Waals surface area contributed by atoms with Crippen molar-refractivity contribution in [2.24, 2.45) is 5.92 Å². The van der Waals surface area contributed by atoms with Crippen LogP contribution in [-0.4, -0.2) is 11.2 Å². The predicted octanol–water partition coefficient (Wildman–Crippen LogP) is 4.27. The molecule has 0 saturated heterocycles. The molecule has 3 atom stereocenters. The van der Waals surface area contributed by atoms with Gasteiger partial charge in [0.05, 0.1) is 6.10 Å². The van der Waals surface area contributed by atoms with Crippen molar-refractivity contribution >= 4 is 0 Å². The Morgan fingerprint density at radius 2 is 1.81 bits per heavy atom. The minimum atomic E-state index is -0.721. The van der Waals surface area contributed by atoms with Crippen LogP contribution in [0.15, 0.2) is 40.8 Å². The molecule has 0 amide bonds. The van der Waals surface area contributed by atoms with Gasteiger partial charge in [-0.3, -0.25) is 0 Å². The number of hydrogen-bond acceptors (Lipinski definition) is 3. The Labute approximate surface area is 125 Å². The molecule has 3 rings (SSSR count). The summed E-state index contributed by atoms with van der Waals surface area (Å²) >= 11 is 0. The molecule has 0 spiro atoms. The highest BCUT2D eigenvalue weighted by Crippen LogP contribution is 2.47. The summed E-state index contributed by atoms with van der Waals surface area (Å²) in [7, 11) is 0. The first-order valence-electron chi connectivity index (χ1n) is 7.59. The molecule has 1 aliphatic carbocycles. The largest absolute Gasteiger partial charge is 0.491 e. The maximum Gasteiger partial charge on any atom is 0.137 e. The van der Waals surface area contributed by atoms with Crippen molar-refractivity contribution in [3.05, 3.63) is 53.5 Å². The van der Waals surface area contributed by atoms with Gasteiger partial charge < -0.3 is 14.3 Å². The summed E-state index contributed by atoms with van der Waals surface area (Å²) < 4.78 is 11.4. The first-order valence-corrected chi connectivity index (χ1v) is 7.59. The summed E-state index contributed by atoms with van der Waals surface area (Å²) in [5.74, 6) is 3.66. The topological polar surface area (TPSA) is 42.6 Å². The van der Waals surface area contributed by atoms with Crippen molar-refractivity contribution in [3.63, 3.8) is 0 Å². The maximum atomic E-state index is 10.4. The summed E-state index contributed by atoms with van der Waals surface area (Å²) in [5.41, 5.74) is 0.816. The van der Waals surface area contributed by atoms with Crippen LogP contribution in [0.4, 0.5) is 0 Å². The van der Waals surface area contributed by atoms with E-state index in [9.17, 15) is 5.11 Å². The van der Waals surface area contributed by atoms with Crippen LogP contribution in [-0.2, 0) is 0 Å². The van der Waals surface area contributed by atoms with E-state index < -0.39 is 6.10 Å². The highest BCUT2D eigenvalue weighted by atomic mass is 16.5. The fourth-order valence-electron chi connectivity index (χ4n) is 2.60. The van der Waals surface area contributed by atoms with Gasteiger partial charge in [-0.15, -0.1) is 0 Å². The third-order valence-corrected chi connectivity index (χ3v) is 3.96. The van der Waals surface area contributed by atoms with Crippen LogP contribution in [0, 0.1) is 5.92 Å². The molecular weight excluding hydrogens is 264 g/mol. The van der Waals surface area contributed by atoms with Crippen molar-refractivity contribution < 1.29 is 14.3 Å². The molecule has 3 heteroatoms. The molecule has 21 heavy (non-hydrogen) atoms. The molecular formula is C18H22O3. The highest BCUT2D eigenvalue weighted by Gasteiger charge is 2.37. The Hall–Kier alpha value is -1.74. The number of rotatable bonds is 5. The number of furan rings is 1. The van der Waals surface area contributed by atoms with Crippen molar-refractivity contribution in [1.82, 2.24) is 0 Å². The van der Waals surface area contributed by atoms with Gasteiger partial charge in [0.1, 0.15) is 23.4 Å². The van der Waals surface area contributed by atoms with Gasteiger partial charge in [-0.25, -0.2) is 0 Å². The lowest BCUT2D eigenvalue weighted by Crippen LogP contribution is -2.05. The summed E-state index contributed by atoms with van der Waals surface area (Å²) in [6.07, 6.45) is 0.611. The Bertz CT molecular complexity index is 597. The summed E-state index contributed by atoms with van der Waals surface area (Å²) in [6, 6.07) is 11.4. The molecule has 2 aromatic rings. The zero-order valence-electron chi connectivity index (χ0n) is 12.7. The fourth-order valence-corrected chi connectivity index (χ4v) is 2.60. The van der Waals surface area contributed by atoms with E-state index in [1.54, 1.807) is 0 Å². The average molecular weight is 286 g/mol. The Kier molecular flexibility index (Phi) is 3.77. The molecule has 1 saturated carbocycles. The van der Waals surface area contributed by atoms with Gasteiger partial charge in [0.2, 0.25) is 0 Å². The molecule has 0 bridgehead atoms. The average Bonchev–Trinajstić information content (AvgIpc) is 3.00. The van der Waals surface area contributed by atoms with E-state index in [2.05, 4.69) is 6.92 Å². The van der Waals surface area contributed by atoms with Gasteiger partial charge in [-0.05, 0) is 56.0 Å². The van der Waals surface area contributed by atoms with Crippen LogP contribution in [0.2, 0.25) is 0 Å². The lowest BCUT2D eigenvalue weighted by Gasteiger charge is -2.12. The minimum Gasteiger partial charge on any atom is -0.491 e. The number of ether oxygens (including phenoxy) is 1. The molecule has 1 aromatic carbocycles. The van der Waals surface area contributed by atoms with Crippen LogP contribution < -0.4 is 4.74 Å². The van der Waals surface area contributed by atoms with Gasteiger partial charge in [-0.1, -0.05) is 19.1 Å². The van der Waals surface area contributed by atoms with Crippen LogP contribution in [0.3, 0.4) is 0 Å². The van der Waals surface area contributed by atoms with Gasteiger partial charge in [-0.2, -0.15) is 0 Å². The van der Waals surface area contributed by atoms with E-state index in [1.165, 1.54) is 6.42 Å². The van der Waals surface area contributed by atoms with Crippen molar-refractivity contribution in [1.29, 1.82) is 0 Å². The number of benzene rings is 1. The first-order chi connectivity index (χ1) is 10.0. The van der Waals surface area contributed by atoms with Crippen molar-refractivity contribution in [2.75, 3.05) is 0 Å². The fraction of sp³-hybridized carbons (Fsp3) is 0.444. The van der Waals surface area contributed by atoms with E-state index in [-0.39, 0.29) is 6.10 Å². The quantitative estimate of drug-likeness (QED) is 0.892. The number of aliphatic hydroxyl groups is 1. The summed E-state index contributed by atoms with van der Waals surface area (Å²) in [6.45, 7) is 6.20. The van der Waals surface area contributed by atoms with E-state index >= 15 is 0 Å². The molecule has 1 heterocycles. The first kappa shape index (κ1) is 14.2. The van der Waals surface area contributed by atoms with Crippen LogP contribution in [0.5, 0.6) is 5.75 Å². The monoisotopic (exact) mass is 286 g/mol. The molecule has 1 aromatic heterocycles. The van der Waals surface area contributed by atoms with Crippen LogP contribution >= 0.6 is 0 Å². The predicted molar refractivity (Wildman–Crippen MR) is 81.5 cm³/mol. The third-order valence-electron chi connectivity index (χ3n) is 3.96. The lowest BCUT2D eigenvalue weighted by molar-refractivity contribution is 0.186. The zero-order valence-corrected chi connectivity index (χ0v) is 12.7. The number of aliphatic hydroxyl groups excluding tert-OH is 1. The van der Waals surface area contributed by atoms with E-state index in [4.69, 9.17) is 9.15 Å². The van der Waals surface area contributed by atoms with Crippen LogP contribution in [0.25, 0.3) is 0 Å². The molecule has 1 aliphatic rings. The second-order valence-electron chi connectivity index (χ2n) is 6.20. The molecule has 3 unspecified atom stereocenters. The van der Waals surface area contributed by atoms with Gasteiger partial charge in [0, 0.05) is 5.92 Å². The smallest absolute Gasteiger partial charge is 0.137 e. The Morgan fingerprint density at radius 3 is 2.38 bits per heavy atom. The van der Waals surface area contributed by atoms with Gasteiger partial charge in [0.25, 0.3) is 0 Å². The normalized spacial score (nSPS) is 22.3. The molecule has 3 nitrogen and oxygen atoms in total. The maximum absolute atomic E-state index is 10.4. The van der Waals surface area contributed by atoms with E-state index in [0.717, 1.165) is 17.1 Å². The van der Waals surface area contributed by atoms with Gasteiger partial charge >= 0.3 is 0 Å². The third kappa shape index (κ3) is 3.13. The second-order valence-corrected chi connectivity index (χ2v) is 6.20. The number of hydrogen-bond donors (Lipinski definition) is 1. The summed E-state index contributed by atoms with van der Waals surface area (Å²) in [5, 5.41) is 10.4. The molecule has 0 aliphatic heterocycles. The van der Waals surface area contributed by atoms with Gasteiger partial charge in [0.15, 0.2) is 0 Å². The van der Waals surface area contributed by atoms with Crippen molar-refractivity contribution in [3.8, 4) is 5.75 Å². The highest BCUT2D eigenvalue weighted by molar-refractivity contribution is 5.32. The molecule has 1 N–H and O–H groups in total. The van der Waals surface area contributed by atoms with Crippen molar-refractivity contribution in [2.45, 2.75) is 45.3 Å². The minimum absolute atomic E-state index is 0.147. The Balaban J connectivity index is 1.72. The molecule has 0 radical (unpaired) electrons. The Morgan fingerprint density at radius 1 is 1.14 bits per heavy atom. The van der Waals surface area contributed by atoms with E-state index in [0.29, 0.717) is 17.6 Å². The zero-order chi connectivity index (χ0) is 15.0.